The Bertz CT molecular complexity index is 464. The van der Waals surface area contributed by atoms with Gasteiger partial charge in [-0.1, -0.05) is 39.7 Å². The highest BCUT2D eigenvalue weighted by Crippen LogP contribution is 2.39. The first-order chi connectivity index (χ1) is 10.6. The van der Waals surface area contributed by atoms with Gasteiger partial charge in [0, 0.05) is 5.92 Å². The highest BCUT2D eigenvalue weighted by atomic mass is 28.4. The molecule has 6 heteroatoms. The Morgan fingerprint density at radius 2 is 1.54 bits per heavy atom. The van der Waals surface area contributed by atoms with Crippen LogP contribution < -0.4 is 0 Å². The molecule has 0 aromatic heterocycles. The molecule has 1 heterocycles. The van der Waals surface area contributed by atoms with Gasteiger partial charge in [-0.3, -0.25) is 0 Å². The van der Waals surface area contributed by atoms with Crippen LogP contribution in [0.3, 0.4) is 0 Å². The monoisotopic (exact) mass is 354 g/mol. The van der Waals surface area contributed by atoms with Gasteiger partial charge in [-0.15, -0.1) is 0 Å². The van der Waals surface area contributed by atoms with E-state index in [1.807, 2.05) is 46.7 Å². The molecule has 24 heavy (non-hydrogen) atoms. The minimum atomic E-state index is -1.97. The maximum Gasteiger partial charge on any atom is 0.486 e. The molecule has 0 aromatic carbocycles. The van der Waals surface area contributed by atoms with Gasteiger partial charge in [-0.2, -0.15) is 0 Å². The van der Waals surface area contributed by atoms with E-state index in [9.17, 15) is 4.79 Å². The van der Waals surface area contributed by atoms with E-state index in [1.165, 1.54) is 0 Å². The maximum atomic E-state index is 11.3. The molecule has 0 unspecified atom stereocenters. The summed E-state index contributed by atoms with van der Waals surface area (Å²) in [5.41, 5.74) is -0.734. The largest absolute Gasteiger partial charge is 0.486 e. The Hall–Kier alpha value is -0.428. The fraction of sp³-hybridized carbons (Fsp3) is 0.833. The fourth-order valence-electron chi connectivity index (χ4n) is 2.08. The van der Waals surface area contributed by atoms with E-state index in [0.717, 1.165) is 6.29 Å². The van der Waals surface area contributed by atoms with E-state index in [0.29, 0.717) is 0 Å². The van der Waals surface area contributed by atoms with Crippen molar-refractivity contribution >= 4 is 21.7 Å². The summed E-state index contributed by atoms with van der Waals surface area (Å²) in [6.45, 7) is 21.0. The third kappa shape index (κ3) is 4.81. The van der Waals surface area contributed by atoms with Crippen LogP contribution in [0.4, 0.5) is 0 Å². The van der Waals surface area contributed by atoms with E-state index in [2.05, 4.69) is 33.9 Å². The minimum absolute atomic E-state index is 0.0893. The second-order valence-corrected chi connectivity index (χ2v) is 14.1. The van der Waals surface area contributed by atoms with Crippen LogP contribution in [0, 0.1) is 5.92 Å². The van der Waals surface area contributed by atoms with Crippen LogP contribution in [-0.2, 0) is 18.5 Å². The molecule has 4 nitrogen and oxygen atoms in total. The molecule has 1 rings (SSSR count). The first kappa shape index (κ1) is 21.6. The topological polar surface area (TPSA) is 44.8 Å². The van der Waals surface area contributed by atoms with Crippen LogP contribution in [0.5, 0.6) is 0 Å². The standard InChI is InChI=1S/C18H35BO4Si/c1-14(13-20)15(21-24(9,10)16(2,3)4)11-12-19-22-17(5,6)18(7,8)23-19/h11-15H,1-10H3/b12-11+/t14-,15-/m1/s1. The molecule has 0 saturated carbocycles. The van der Waals surface area contributed by atoms with Crippen molar-refractivity contribution in [2.45, 2.75) is 90.8 Å². The number of hydrogen-bond donors (Lipinski definition) is 0. The Labute approximate surface area is 149 Å². The van der Waals surface area contributed by atoms with Gasteiger partial charge in [0.1, 0.15) is 6.29 Å². The van der Waals surface area contributed by atoms with Crippen molar-refractivity contribution in [2.75, 3.05) is 0 Å². The Balaban J connectivity index is 2.91. The van der Waals surface area contributed by atoms with Gasteiger partial charge < -0.3 is 18.5 Å². The van der Waals surface area contributed by atoms with E-state index in [4.69, 9.17) is 13.7 Å². The molecule has 1 saturated heterocycles. The zero-order chi connectivity index (χ0) is 19.0. The van der Waals surface area contributed by atoms with Crippen molar-refractivity contribution < 1.29 is 18.5 Å². The number of carbonyl (C=O) groups is 1. The first-order valence-corrected chi connectivity index (χ1v) is 11.7. The average Bonchev–Trinajstić information content (AvgIpc) is 2.60. The summed E-state index contributed by atoms with van der Waals surface area (Å²) < 4.78 is 18.4. The summed E-state index contributed by atoms with van der Waals surface area (Å²) in [7, 11) is -2.39. The zero-order valence-electron chi connectivity index (χ0n) is 17.1. The van der Waals surface area contributed by atoms with E-state index in [1.54, 1.807) is 0 Å². The Morgan fingerprint density at radius 1 is 1.08 bits per heavy atom. The quantitative estimate of drug-likeness (QED) is 0.524. The number of carbonyl (C=O) groups excluding carboxylic acids is 1. The number of rotatable bonds is 6. The van der Waals surface area contributed by atoms with E-state index in [-0.39, 0.29) is 28.3 Å². The lowest BCUT2D eigenvalue weighted by Crippen LogP contribution is -2.45. The SMILES string of the molecule is C[C@H](C=O)[C@@H](/C=C/B1OC(C)(C)C(C)(C)O1)O[Si](C)(C)C(C)(C)C. The normalized spacial score (nSPS) is 23.5. The molecule has 0 bridgehead atoms. The minimum Gasteiger partial charge on any atom is -0.410 e. The highest BCUT2D eigenvalue weighted by molar-refractivity contribution is 6.74. The zero-order valence-corrected chi connectivity index (χ0v) is 18.1. The summed E-state index contributed by atoms with van der Waals surface area (Å²) in [6.07, 6.45) is 2.62. The predicted octanol–water partition coefficient (Wildman–Crippen LogP) is 4.40. The summed E-state index contributed by atoms with van der Waals surface area (Å²) in [5.74, 6) is 1.67. The van der Waals surface area contributed by atoms with E-state index >= 15 is 0 Å². The lowest BCUT2D eigenvalue weighted by atomic mass is 9.88. The maximum absolute atomic E-state index is 11.3. The molecule has 1 aliphatic rings. The van der Waals surface area contributed by atoms with Crippen molar-refractivity contribution in [3.05, 3.63) is 12.1 Å². The molecule has 0 amide bonds. The van der Waals surface area contributed by atoms with Gasteiger partial charge in [0.25, 0.3) is 0 Å². The van der Waals surface area contributed by atoms with Crippen LogP contribution in [-0.4, -0.2) is 39.0 Å². The number of aldehydes is 1. The average molecular weight is 354 g/mol. The Morgan fingerprint density at radius 3 is 1.92 bits per heavy atom. The van der Waals surface area contributed by atoms with Crippen molar-refractivity contribution in [1.29, 1.82) is 0 Å². The van der Waals surface area contributed by atoms with Crippen molar-refractivity contribution in [2.24, 2.45) is 5.92 Å². The number of hydrogen-bond acceptors (Lipinski definition) is 4. The van der Waals surface area contributed by atoms with Crippen LogP contribution in [0.1, 0.15) is 55.4 Å². The molecule has 1 fully saturated rings. The molecule has 0 radical (unpaired) electrons. The first-order valence-electron chi connectivity index (χ1n) is 8.80. The molecule has 1 aliphatic heterocycles. The van der Waals surface area contributed by atoms with Gasteiger partial charge in [-0.25, -0.2) is 0 Å². The molecular weight excluding hydrogens is 319 g/mol. The third-order valence-electron chi connectivity index (χ3n) is 5.70. The molecular formula is C18H35BO4Si. The lowest BCUT2D eigenvalue weighted by molar-refractivity contribution is -0.112. The second kappa shape index (κ2) is 7.06. The van der Waals surface area contributed by atoms with Crippen molar-refractivity contribution in [3.8, 4) is 0 Å². The smallest absolute Gasteiger partial charge is 0.410 e. The molecule has 0 spiro atoms. The molecule has 138 valence electrons. The molecule has 0 aliphatic carbocycles. The van der Waals surface area contributed by atoms with Gasteiger partial charge in [0.05, 0.1) is 17.3 Å². The third-order valence-corrected chi connectivity index (χ3v) is 10.2. The van der Waals surface area contributed by atoms with Crippen LogP contribution in [0.25, 0.3) is 0 Å². The molecule has 0 N–H and O–H groups in total. The van der Waals surface area contributed by atoms with Gasteiger partial charge in [-0.05, 0) is 45.8 Å². The van der Waals surface area contributed by atoms with Gasteiger partial charge >= 0.3 is 7.12 Å². The summed E-state index contributed by atoms with van der Waals surface area (Å²) >= 11 is 0. The lowest BCUT2D eigenvalue weighted by Gasteiger charge is -2.39. The van der Waals surface area contributed by atoms with Crippen LogP contribution in [0.15, 0.2) is 12.1 Å². The Kier molecular flexibility index (Phi) is 6.36. The molecule has 2 atom stereocenters. The van der Waals surface area contributed by atoms with Crippen LogP contribution >= 0.6 is 0 Å². The van der Waals surface area contributed by atoms with Gasteiger partial charge in [0.2, 0.25) is 0 Å². The fourth-order valence-corrected chi connectivity index (χ4v) is 3.41. The summed E-state index contributed by atoms with van der Waals surface area (Å²) in [6, 6.07) is 0. The van der Waals surface area contributed by atoms with Crippen molar-refractivity contribution in [3.63, 3.8) is 0 Å². The van der Waals surface area contributed by atoms with Crippen LogP contribution in [0.2, 0.25) is 18.1 Å². The van der Waals surface area contributed by atoms with Crippen molar-refractivity contribution in [1.82, 2.24) is 0 Å². The predicted molar refractivity (Wildman–Crippen MR) is 103 cm³/mol. The van der Waals surface area contributed by atoms with E-state index < -0.39 is 15.4 Å². The second-order valence-electron chi connectivity index (χ2n) is 9.35. The highest BCUT2D eigenvalue weighted by Gasteiger charge is 2.50. The molecule has 0 aromatic rings. The van der Waals surface area contributed by atoms with Gasteiger partial charge in [0.15, 0.2) is 8.32 Å². The summed E-state index contributed by atoms with van der Waals surface area (Å²) in [4.78, 5) is 11.3. The summed E-state index contributed by atoms with van der Waals surface area (Å²) in [5, 5.41) is 0.0893.